The number of nitrogens with one attached hydrogen (secondary N) is 1. The average Bonchev–Trinajstić information content (AvgIpc) is 2.17. The highest BCUT2D eigenvalue weighted by Crippen LogP contribution is 2.20. The molecule has 0 aliphatic heterocycles. The van der Waals surface area contributed by atoms with E-state index in [1.165, 1.54) is 0 Å². The van der Waals surface area contributed by atoms with Crippen molar-refractivity contribution in [2.24, 2.45) is 5.73 Å². The van der Waals surface area contributed by atoms with Gasteiger partial charge >= 0.3 is 0 Å². The Kier molecular flexibility index (Phi) is 5.04. The third-order valence-corrected chi connectivity index (χ3v) is 2.60. The molecule has 0 saturated carbocycles. The molecule has 0 unspecified atom stereocenters. The summed E-state index contributed by atoms with van der Waals surface area (Å²) in [6.45, 7) is 0.284. The second kappa shape index (κ2) is 6.07. The predicted molar refractivity (Wildman–Crippen MR) is 61.1 cm³/mol. The third-order valence-electron chi connectivity index (χ3n) is 1.59. The monoisotopic (exact) mass is 292 g/mol. The Labute approximate surface area is 101 Å². The predicted octanol–water partition coefficient (Wildman–Crippen LogP) is 1.61. The largest absolute Gasteiger partial charge is 0.368 e. The summed E-state index contributed by atoms with van der Waals surface area (Å²) >= 11 is 9.18. The molecule has 0 fully saturated rings. The van der Waals surface area contributed by atoms with Crippen LogP contribution >= 0.6 is 27.5 Å². The minimum atomic E-state index is -0.521. The summed E-state index contributed by atoms with van der Waals surface area (Å²) in [4.78, 5) is 15.2. The first kappa shape index (κ1) is 12.4. The van der Waals surface area contributed by atoms with E-state index >= 15 is 0 Å². The number of hydrogen-bond acceptors (Lipinski definition) is 3. The van der Waals surface area contributed by atoms with Crippen molar-refractivity contribution in [1.29, 1.82) is 0 Å². The standard InChI is InChI=1S/C9H10BrClN2O2/c10-8-2-1-7(11)3-6(8)4-13-15-5-9(12)14/h1-3,13H,4-5H2,(H2,12,14). The average molecular weight is 294 g/mol. The SMILES string of the molecule is NC(=O)CONCc1cc(Cl)ccc1Br. The molecule has 4 nitrogen and oxygen atoms in total. The van der Waals surface area contributed by atoms with E-state index < -0.39 is 5.91 Å². The molecule has 0 aliphatic rings. The number of benzene rings is 1. The molecule has 0 atom stereocenters. The zero-order chi connectivity index (χ0) is 11.3. The van der Waals surface area contributed by atoms with Crippen LogP contribution in [0.1, 0.15) is 5.56 Å². The molecule has 0 radical (unpaired) electrons. The van der Waals surface area contributed by atoms with Crippen molar-refractivity contribution < 1.29 is 9.63 Å². The molecule has 0 saturated heterocycles. The number of halogens is 2. The van der Waals surface area contributed by atoms with Crippen LogP contribution in [0.2, 0.25) is 5.02 Å². The number of amides is 1. The summed E-state index contributed by atoms with van der Waals surface area (Å²) in [6.07, 6.45) is 0. The van der Waals surface area contributed by atoms with Gasteiger partial charge in [-0.25, -0.2) is 0 Å². The highest BCUT2D eigenvalue weighted by Gasteiger charge is 2.01. The molecular formula is C9H10BrClN2O2. The second-order valence-corrected chi connectivity index (χ2v) is 4.10. The Morgan fingerprint density at radius 1 is 1.60 bits per heavy atom. The van der Waals surface area contributed by atoms with Crippen LogP contribution in [-0.2, 0) is 16.2 Å². The van der Waals surface area contributed by atoms with Gasteiger partial charge in [-0.05, 0) is 23.8 Å². The first-order valence-electron chi connectivity index (χ1n) is 4.16. The van der Waals surface area contributed by atoms with Crippen molar-refractivity contribution in [1.82, 2.24) is 5.48 Å². The molecule has 0 bridgehead atoms. The maximum Gasteiger partial charge on any atom is 0.245 e. The molecule has 1 rings (SSSR count). The number of carbonyl (C=O) groups excluding carboxylic acids is 1. The number of hydroxylamine groups is 1. The molecule has 1 amide bonds. The molecule has 6 heteroatoms. The van der Waals surface area contributed by atoms with Crippen LogP contribution in [-0.4, -0.2) is 12.5 Å². The lowest BCUT2D eigenvalue weighted by Gasteiger charge is -2.06. The van der Waals surface area contributed by atoms with E-state index in [1.807, 2.05) is 6.07 Å². The van der Waals surface area contributed by atoms with E-state index in [4.69, 9.17) is 22.2 Å². The van der Waals surface area contributed by atoms with E-state index in [1.54, 1.807) is 12.1 Å². The minimum absolute atomic E-state index is 0.155. The molecule has 1 aromatic rings. The molecule has 0 heterocycles. The number of hydrogen-bond donors (Lipinski definition) is 2. The summed E-state index contributed by atoms with van der Waals surface area (Å²) in [6, 6.07) is 5.42. The number of carbonyl (C=O) groups is 1. The van der Waals surface area contributed by atoms with Crippen molar-refractivity contribution in [2.45, 2.75) is 6.54 Å². The van der Waals surface area contributed by atoms with E-state index in [0.717, 1.165) is 10.0 Å². The van der Waals surface area contributed by atoms with E-state index in [2.05, 4.69) is 21.4 Å². The highest BCUT2D eigenvalue weighted by atomic mass is 79.9. The third kappa shape index (κ3) is 4.61. The van der Waals surface area contributed by atoms with Crippen LogP contribution in [0.15, 0.2) is 22.7 Å². The molecule has 0 aromatic heterocycles. The molecule has 1 aromatic carbocycles. The quantitative estimate of drug-likeness (QED) is 0.640. The van der Waals surface area contributed by atoms with Gasteiger partial charge in [-0.1, -0.05) is 27.5 Å². The van der Waals surface area contributed by atoms with Gasteiger partial charge in [0.2, 0.25) is 5.91 Å². The van der Waals surface area contributed by atoms with Crippen molar-refractivity contribution in [3.63, 3.8) is 0 Å². The Balaban J connectivity index is 2.43. The van der Waals surface area contributed by atoms with Crippen LogP contribution in [0.5, 0.6) is 0 Å². The minimum Gasteiger partial charge on any atom is -0.368 e. The van der Waals surface area contributed by atoms with Gasteiger partial charge in [-0.3, -0.25) is 9.63 Å². The van der Waals surface area contributed by atoms with E-state index in [0.29, 0.717) is 11.6 Å². The summed E-state index contributed by atoms with van der Waals surface area (Å²) in [5.74, 6) is -0.521. The Morgan fingerprint density at radius 2 is 2.33 bits per heavy atom. The summed E-state index contributed by atoms with van der Waals surface area (Å²) in [7, 11) is 0. The van der Waals surface area contributed by atoms with Crippen molar-refractivity contribution in [3.05, 3.63) is 33.3 Å². The highest BCUT2D eigenvalue weighted by molar-refractivity contribution is 9.10. The molecular weight excluding hydrogens is 283 g/mol. The van der Waals surface area contributed by atoms with Gasteiger partial charge in [0.05, 0.1) is 0 Å². The maximum atomic E-state index is 10.4. The van der Waals surface area contributed by atoms with E-state index in [-0.39, 0.29) is 6.61 Å². The zero-order valence-corrected chi connectivity index (χ0v) is 10.1. The fourth-order valence-electron chi connectivity index (χ4n) is 0.930. The van der Waals surface area contributed by atoms with Crippen LogP contribution in [0.3, 0.4) is 0 Å². The molecule has 0 spiro atoms. The summed E-state index contributed by atoms with van der Waals surface area (Å²) in [5, 5.41) is 0.643. The van der Waals surface area contributed by atoms with Crippen molar-refractivity contribution in [2.75, 3.05) is 6.61 Å². The number of primary amides is 1. The normalized spacial score (nSPS) is 10.3. The van der Waals surface area contributed by atoms with Crippen LogP contribution in [0, 0.1) is 0 Å². The van der Waals surface area contributed by atoms with Crippen LogP contribution in [0.4, 0.5) is 0 Å². The van der Waals surface area contributed by atoms with Gasteiger partial charge in [0, 0.05) is 16.0 Å². The van der Waals surface area contributed by atoms with Gasteiger partial charge in [0.1, 0.15) is 6.61 Å². The van der Waals surface area contributed by atoms with Gasteiger partial charge in [-0.2, -0.15) is 5.48 Å². The Morgan fingerprint density at radius 3 is 3.00 bits per heavy atom. The Bertz CT molecular complexity index is 360. The molecule has 0 aliphatic carbocycles. The number of rotatable bonds is 5. The fourth-order valence-corrected chi connectivity index (χ4v) is 1.51. The summed E-state index contributed by atoms with van der Waals surface area (Å²) in [5.41, 5.74) is 8.44. The van der Waals surface area contributed by atoms with Gasteiger partial charge in [0.15, 0.2) is 0 Å². The first-order valence-corrected chi connectivity index (χ1v) is 5.33. The lowest BCUT2D eigenvalue weighted by atomic mass is 10.2. The van der Waals surface area contributed by atoms with Gasteiger partial charge in [-0.15, -0.1) is 0 Å². The molecule has 3 N–H and O–H groups in total. The van der Waals surface area contributed by atoms with Gasteiger partial charge < -0.3 is 5.73 Å². The fraction of sp³-hybridized carbons (Fsp3) is 0.222. The summed E-state index contributed by atoms with van der Waals surface area (Å²) < 4.78 is 0.919. The lowest BCUT2D eigenvalue weighted by Crippen LogP contribution is -2.24. The smallest absolute Gasteiger partial charge is 0.245 e. The first-order chi connectivity index (χ1) is 7.09. The van der Waals surface area contributed by atoms with Crippen molar-refractivity contribution >= 4 is 33.4 Å². The van der Waals surface area contributed by atoms with Crippen LogP contribution in [0.25, 0.3) is 0 Å². The van der Waals surface area contributed by atoms with Crippen molar-refractivity contribution in [3.8, 4) is 0 Å². The maximum absolute atomic E-state index is 10.4. The van der Waals surface area contributed by atoms with Gasteiger partial charge in [0.25, 0.3) is 0 Å². The second-order valence-electron chi connectivity index (χ2n) is 2.81. The topological polar surface area (TPSA) is 64.4 Å². The van der Waals surface area contributed by atoms with Crippen LogP contribution < -0.4 is 11.2 Å². The Hall–Kier alpha value is -0.620. The van der Waals surface area contributed by atoms with E-state index in [9.17, 15) is 4.79 Å². The molecule has 15 heavy (non-hydrogen) atoms. The molecule has 82 valence electrons. The lowest BCUT2D eigenvalue weighted by molar-refractivity contribution is -0.125. The zero-order valence-electron chi connectivity index (χ0n) is 7.80. The number of nitrogens with two attached hydrogens (primary N) is 1.